The van der Waals surface area contributed by atoms with E-state index in [-0.39, 0.29) is 17.7 Å². The van der Waals surface area contributed by atoms with Crippen molar-refractivity contribution in [3.05, 3.63) is 0 Å². The van der Waals surface area contributed by atoms with E-state index in [0.29, 0.717) is 18.5 Å². The first kappa shape index (κ1) is 15.3. The molecule has 1 saturated heterocycles. The number of hydrogen-bond donors (Lipinski definition) is 1. The van der Waals surface area contributed by atoms with Gasteiger partial charge in [-0.25, -0.2) is 0 Å². The molecule has 1 N–H and O–H groups in total. The number of nitrogens with one attached hydrogen (secondary N) is 1. The molecular weight excluding hydrogens is 254 g/mol. The van der Waals surface area contributed by atoms with Crippen molar-refractivity contribution in [3.63, 3.8) is 0 Å². The highest BCUT2D eigenvalue weighted by molar-refractivity contribution is 5.86. The summed E-state index contributed by atoms with van der Waals surface area (Å²) in [6.45, 7) is 0.753. The molecule has 0 aromatic rings. The normalized spacial score (nSPS) is 28.8. The lowest BCUT2D eigenvalue weighted by Gasteiger charge is -2.28. The summed E-state index contributed by atoms with van der Waals surface area (Å²) in [7, 11) is 5.95. The average molecular weight is 281 g/mol. The van der Waals surface area contributed by atoms with E-state index in [4.69, 9.17) is 0 Å². The maximum absolute atomic E-state index is 12.2. The number of carbonyl (C=O) groups excluding carboxylic acids is 2. The van der Waals surface area contributed by atoms with E-state index in [2.05, 4.69) is 24.3 Å². The van der Waals surface area contributed by atoms with Gasteiger partial charge >= 0.3 is 0 Å². The molecule has 2 fully saturated rings. The van der Waals surface area contributed by atoms with Gasteiger partial charge in [-0.3, -0.25) is 9.59 Å². The van der Waals surface area contributed by atoms with Crippen molar-refractivity contribution >= 4 is 11.8 Å². The van der Waals surface area contributed by atoms with Gasteiger partial charge in [0.05, 0.1) is 0 Å². The van der Waals surface area contributed by atoms with E-state index in [1.165, 1.54) is 0 Å². The van der Waals surface area contributed by atoms with E-state index in [1.54, 1.807) is 4.90 Å². The molecule has 2 aliphatic rings. The first-order chi connectivity index (χ1) is 9.47. The summed E-state index contributed by atoms with van der Waals surface area (Å²) in [6.07, 6.45) is 5.41. The Balaban J connectivity index is 1.98. The standard InChI is InChI=1S/C15H27N3O2/c1-17(2)13-6-4-5-11(9-14(19)18(3)10-13)15(20)16-12-7-8-12/h11-13H,4-10H2,1-3H3,(H,16,20)/t11-,13-/m1/s1. The molecule has 0 aromatic heterocycles. The molecule has 1 heterocycles. The first-order valence-corrected chi connectivity index (χ1v) is 7.68. The molecule has 5 heteroatoms. The van der Waals surface area contributed by atoms with Crippen LogP contribution < -0.4 is 5.32 Å². The van der Waals surface area contributed by atoms with E-state index in [1.807, 2.05) is 7.05 Å². The Morgan fingerprint density at radius 2 is 1.95 bits per heavy atom. The number of amides is 2. The predicted octanol–water partition coefficient (Wildman–Crippen LogP) is 0.844. The Morgan fingerprint density at radius 3 is 2.55 bits per heavy atom. The van der Waals surface area contributed by atoms with Gasteiger partial charge in [-0.1, -0.05) is 6.42 Å². The van der Waals surface area contributed by atoms with Crippen molar-refractivity contribution in [3.8, 4) is 0 Å². The number of nitrogens with zero attached hydrogens (tertiary/aromatic N) is 2. The Kier molecular flexibility index (Phi) is 5.02. The van der Waals surface area contributed by atoms with Crippen molar-refractivity contribution in [2.75, 3.05) is 27.7 Å². The monoisotopic (exact) mass is 281 g/mol. The molecule has 2 atom stereocenters. The van der Waals surface area contributed by atoms with Crippen LogP contribution in [-0.4, -0.2) is 61.4 Å². The van der Waals surface area contributed by atoms with Crippen LogP contribution in [0.1, 0.15) is 38.5 Å². The largest absolute Gasteiger partial charge is 0.353 e. The molecule has 1 aliphatic heterocycles. The zero-order valence-electron chi connectivity index (χ0n) is 12.9. The predicted molar refractivity (Wildman–Crippen MR) is 78.2 cm³/mol. The highest BCUT2D eigenvalue weighted by Gasteiger charge is 2.31. The second-order valence-electron chi connectivity index (χ2n) is 6.51. The fourth-order valence-electron chi connectivity index (χ4n) is 2.77. The van der Waals surface area contributed by atoms with Crippen LogP contribution in [0.5, 0.6) is 0 Å². The molecule has 2 amide bonds. The van der Waals surface area contributed by atoms with Gasteiger partial charge in [-0.15, -0.1) is 0 Å². The molecule has 0 spiro atoms. The van der Waals surface area contributed by atoms with Crippen LogP contribution in [0.15, 0.2) is 0 Å². The van der Waals surface area contributed by atoms with Gasteiger partial charge in [-0.2, -0.15) is 0 Å². The molecule has 114 valence electrons. The molecule has 5 nitrogen and oxygen atoms in total. The fourth-order valence-corrected chi connectivity index (χ4v) is 2.77. The minimum Gasteiger partial charge on any atom is -0.353 e. The molecule has 0 bridgehead atoms. The quantitative estimate of drug-likeness (QED) is 0.834. The maximum atomic E-state index is 12.2. The van der Waals surface area contributed by atoms with E-state index < -0.39 is 0 Å². The molecule has 0 radical (unpaired) electrons. The van der Waals surface area contributed by atoms with E-state index >= 15 is 0 Å². The van der Waals surface area contributed by atoms with Crippen molar-refractivity contribution in [1.82, 2.24) is 15.1 Å². The van der Waals surface area contributed by atoms with Crippen LogP contribution in [0, 0.1) is 5.92 Å². The minimum atomic E-state index is -0.147. The molecule has 0 aromatic carbocycles. The van der Waals surface area contributed by atoms with Gasteiger partial charge in [0.1, 0.15) is 0 Å². The molecular formula is C15H27N3O2. The fraction of sp³-hybridized carbons (Fsp3) is 0.867. The number of rotatable bonds is 3. The lowest BCUT2D eigenvalue weighted by molar-refractivity contribution is -0.135. The van der Waals surface area contributed by atoms with Gasteiger partial charge in [0.15, 0.2) is 0 Å². The molecule has 1 saturated carbocycles. The Bertz CT molecular complexity index is 366. The zero-order valence-corrected chi connectivity index (χ0v) is 12.9. The van der Waals surface area contributed by atoms with Crippen LogP contribution in [-0.2, 0) is 9.59 Å². The number of hydrogen-bond acceptors (Lipinski definition) is 3. The van der Waals surface area contributed by atoms with Gasteiger partial charge in [0.2, 0.25) is 11.8 Å². The minimum absolute atomic E-state index is 0.0811. The SMILES string of the molecule is CN1C[C@H](N(C)C)CCC[C@@H](C(=O)NC2CC2)CC1=O. The van der Waals surface area contributed by atoms with Gasteiger partial charge in [-0.05, 0) is 39.8 Å². The van der Waals surface area contributed by atoms with Crippen LogP contribution in [0.2, 0.25) is 0 Å². The second kappa shape index (κ2) is 6.57. The topological polar surface area (TPSA) is 52.6 Å². The Labute approximate surface area is 121 Å². The molecule has 20 heavy (non-hydrogen) atoms. The highest BCUT2D eigenvalue weighted by atomic mass is 16.2. The molecule has 2 rings (SSSR count). The van der Waals surface area contributed by atoms with Gasteiger partial charge < -0.3 is 15.1 Å². The highest BCUT2D eigenvalue weighted by Crippen LogP contribution is 2.23. The lowest BCUT2D eigenvalue weighted by Crippen LogP contribution is -2.41. The third-order valence-electron chi connectivity index (χ3n) is 4.45. The summed E-state index contributed by atoms with van der Waals surface area (Å²) >= 11 is 0. The maximum Gasteiger partial charge on any atom is 0.223 e. The van der Waals surface area contributed by atoms with Crippen LogP contribution in [0.3, 0.4) is 0 Å². The summed E-state index contributed by atoms with van der Waals surface area (Å²) in [5.41, 5.74) is 0. The second-order valence-corrected chi connectivity index (χ2v) is 6.51. The number of likely N-dealkylation sites (N-methyl/N-ethyl adjacent to an activating group) is 2. The Morgan fingerprint density at radius 1 is 1.25 bits per heavy atom. The van der Waals surface area contributed by atoms with E-state index in [0.717, 1.165) is 38.6 Å². The van der Waals surface area contributed by atoms with Crippen molar-refractivity contribution in [2.24, 2.45) is 5.92 Å². The number of carbonyl (C=O) groups is 2. The van der Waals surface area contributed by atoms with Crippen molar-refractivity contribution in [1.29, 1.82) is 0 Å². The zero-order chi connectivity index (χ0) is 14.7. The summed E-state index contributed by atoms with van der Waals surface area (Å²) < 4.78 is 0. The van der Waals surface area contributed by atoms with Crippen molar-refractivity contribution in [2.45, 2.75) is 50.6 Å². The smallest absolute Gasteiger partial charge is 0.223 e. The molecule has 0 unspecified atom stereocenters. The van der Waals surface area contributed by atoms with Gasteiger partial charge in [0.25, 0.3) is 0 Å². The third-order valence-corrected chi connectivity index (χ3v) is 4.45. The third kappa shape index (κ3) is 4.20. The Hall–Kier alpha value is -1.10. The summed E-state index contributed by atoms with van der Waals surface area (Å²) in [5.74, 6) is 0.0266. The van der Waals surface area contributed by atoms with Crippen molar-refractivity contribution < 1.29 is 9.59 Å². The van der Waals surface area contributed by atoms with E-state index in [9.17, 15) is 9.59 Å². The summed E-state index contributed by atoms with van der Waals surface area (Å²) in [4.78, 5) is 28.4. The summed E-state index contributed by atoms with van der Waals surface area (Å²) in [6, 6.07) is 0.756. The van der Waals surface area contributed by atoms with Gasteiger partial charge in [0, 0.05) is 38.0 Å². The van der Waals surface area contributed by atoms with Crippen LogP contribution >= 0.6 is 0 Å². The van der Waals surface area contributed by atoms with Crippen LogP contribution in [0.4, 0.5) is 0 Å². The first-order valence-electron chi connectivity index (χ1n) is 7.68. The lowest BCUT2D eigenvalue weighted by atomic mass is 9.96. The summed E-state index contributed by atoms with van der Waals surface area (Å²) in [5, 5.41) is 3.04. The average Bonchev–Trinajstić information content (AvgIpc) is 3.17. The van der Waals surface area contributed by atoms with Crippen LogP contribution in [0.25, 0.3) is 0 Å². The molecule has 1 aliphatic carbocycles.